The van der Waals surface area contributed by atoms with Gasteiger partial charge in [-0.05, 0) is 42.0 Å². The van der Waals surface area contributed by atoms with Crippen LogP contribution in [0.4, 0.5) is 13.2 Å². The van der Waals surface area contributed by atoms with E-state index in [0.717, 1.165) is 11.1 Å². The smallest absolute Gasteiger partial charge is 0.350 e. The maximum absolute atomic E-state index is 13.9. The molecule has 0 saturated heterocycles. The van der Waals surface area contributed by atoms with Gasteiger partial charge in [0.1, 0.15) is 11.3 Å². The van der Waals surface area contributed by atoms with Crippen LogP contribution in [0.1, 0.15) is 23.1 Å². The number of azide groups is 1. The highest BCUT2D eigenvalue weighted by Crippen LogP contribution is 2.43. The summed E-state index contributed by atoms with van der Waals surface area (Å²) in [5, 5.41) is 11.3. The normalized spacial score (nSPS) is 15.7. The Morgan fingerprint density at radius 2 is 1.82 bits per heavy atom. The van der Waals surface area contributed by atoms with Gasteiger partial charge in [-0.25, -0.2) is 0 Å². The third-order valence-corrected chi connectivity index (χ3v) is 5.52. The summed E-state index contributed by atoms with van der Waals surface area (Å²) in [5.41, 5.74) is 10.2. The number of alkyl halides is 3. The summed E-state index contributed by atoms with van der Waals surface area (Å²) in [6.45, 7) is 0. The molecule has 5 rings (SSSR count). The predicted molar refractivity (Wildman–Crippen MR) is 111 cm³/mol. The highest BCUT2D eigenvalue weighted by Gasteiger charge is 2.43. The van der Waals surface area contributed by atoms with Crippen molar-refractivity contribution < 1.29 is 22.2 Å². The molecule has 0 fully saturated rings. The topological polar surface area (TPSA) is 114 Å². The molecule has 1 unspecified atom stereocenters. The fraction of sp³-hybridized carbons (Fsp3) is 0.227. The molecule has 2 aromatic heterocycles. The predicted octanol–water partition coefficient (Wildman–Crippen LogP) is 6.25. The minimum absolute atomic E-state index is 0.0869. The van der Waals surface area contributed by atoms with E-state index in [4.69, 9.17) is 14.6 Å². The summed E-state index contributed by atoms with van der Waals surface area (Å²) in [7, 11) is 0. The number of aromatic nitrogens is 3. The van der Waals surface area contributed by atoms with E-state index < -0.39 is 23.4 Å². The molecule has 11 heteroatoms. The van der Waals surface area contributed by atoms with Crippen molar-refractivity contribution in [1.82, 2.24) is 15.3 Å². The molecular weight excluding hydrogens is 437 g/mol. The Kier molecular flexibility index (Phi) is 5.10. The van der Waals surface area contributed by atoms with Crippen LogP contribution in [0.2, 0.25) is 0 Å². The van der Waals surface area contributed by atoms with Crippen LogP contribution in [-0.4, -0.2) is 21.3 Å². The third kappa shape index (κ3) is 3.94. The molecule has 0 saturated carbocycles. The van der Waals surface area contributed by atoms with Gasteiger partial charge in [0.05, 0.1) is 0 Å². The lowest BCUT2D eigenvalue weighted by Crippen LogP contribution is -2.16. The van der Waals surface area contributed by atoms with Gasteiger partial charge in [0.25, 0.3) is 5.89 Å². The van der Waals surface area contributed by atoms with Crippen LogP contribution in [0.3, 0.4) is 0 Å². The van der Waals surface area contributed by atoms with E-state index in [2.05, 4.69) is 25.3 Å². The van der Waals surface area contributed by atoms with Crippen molar-refractivity contribution in [2.75, 3.05) is 0 Å². The van der Waals surface area contributed by atoms with Crippen molar-refractivity contribution in [3.05, 3.63) is 75.7 Å². The first-order valence-corrected chi connectivity index (χ1v) is 10.1. The fourth-order valence-corrected chi connectivity index (χ4v) is 3.97. The Morgan fingerprint density at radius 3 is 2.58 bits per heavy atom. The molecule has 0 amide bonds. The lowest BCUT2D eigenvalue weighted by molar-refractivity contribution is -0.136. The Morgan fingerprint density at radius 1 is 1.00 bits per heavy atom. The Labute approximate surface area is 184 Å². The summed E-state index contributed by atoms with van der Waals surface area (Å²) in [4.78, 5) is 7.02. The monoisotopic (exact) mass is 452 g/mol. The number of hydrogen-bond acceptors (Lipinski definition) is 6. The first-order valence-electron chi connectivity index (χ1n) is 10.1. The average molecular weight is 452 g/mol. The third-order valence-electron chi connectivity index (χ3n) is 5.52. The molecule has 4 aromatic rings. The SMILES string of the molecule is [N-]=[N+]=NC1CCc2cc(-c3noc(-c4onc(-c5ccccc5)c4C(F)(F)F)n3)ccc2C1. The number of benzene rings is 2. The van der Waals surface area contributed by atoms with Gasteiger partial charge in [-0.3, -0.25) is 0 Å². The molecular formula is C22H15F3N6O2. The molecule has 33 heavy (non-hydrogen) atoms. The van der Waals surface area contributed by atoms with E-state index in [9.17, 15) is 13.2 Å². The molecule has 1 atom stereocenters. The van der Waals surface area contributed by atoms with E-state index in [1.54, 1.807) is 24.3 Å². The zero-order chi connectivity index (χ0) is 23.0. The van der Waals surface area contributed by atoms with Crippen LogP contribution in [-0.2, 0) is 19.0 Å². The summed E-state index contributed by atoms with van der Waals surface area (Å²) in [5.74, 6) is -0.904. The molecule has 0 spiro atoms. The second-order valence-electron chi connectivity index (χ2n) is 7.61. The molecule has 0 aliphatic heterocycles. The average Bonchev–Trinajstić information content (AvgIpc) is 3.47. The van der Waals surface area contributed by atoms with Crippen LogP contribution >= 0.6 is 0 Å². The van der Waals surface area contributed by atoms with Crippen LogP contribution in [0, 0.1) is 0 Å². The fourth-order valence-electron chi connectivity index (χ4n) is 3.97. The highest BCUT2D eigenvalue weighted by atomic mass is 19.4. The molecule has 8 nitrogen and oxygen atoms in total. The number of halogens is 3. The van der Waals surface area contributed by atoms with E-state index in [1.165, 1.54) is 12.1 Å². The molecule has 0 N–H and O–H groups in total. The minimum Gasteiger partial charge on any atom is -0.350 e. The van der Waals surface area contributed by atoms with Crippen molar-refractivity contribution in [3.8, 4) is 34.3 Å². The zero-order valence-electron chi connectivity index (χ0n) is 17.0. The van der Waals surface area contributed by atoms with Crippen LogP contribution < -0.4 is 0 Å². The number of fused-ring (bicyclic) bond motifs is 1. The molecule has 1 aliphatic rings. The standard InChI is InChI=1S/C22H15F3N6O2/c23-22(24,25)17-18(12-4-2-1-3-5-12)29-32-19(17)21-27-20(30-33-21)15-7-6-14-11-16(28-31-26)9-8-13(14)10-15/h1-7,10,16H,8-9,11H2. The molecule has 2 aromatic carbocycles. The van der Waals surface area contributed by atoms with Crippen LogP contribution in [0.25, 0.3) is 44.7 Å². The molecule has 0 bridgehead atoms. The number of rotatable bonds is 4. The van der Waals surface area contributed by atoms with Gasteiger partial charge in [-0.1, -0.05) is 57.9 Å². The van der Waals surface area contributed by atoms with Gasteiger partial charge in [-0.15, -0.1) is 0 Å². The maximum Gasteiger partial charge on any atom is 0.422 e. The number of nitrogens with zero attached hydrogens (tertiary/aromatic N) is 6. The highest BCUT2D eigenvalue weighted by molar-refractivity contribution is 5.71. The number of aryl methyl sites for hydroxylation is 1. The van der Waals surface area contributed by atoms with Crippen molar-refractivity contribution in [3.63, 3.8) is 0 Å². The second kappa shape index (κ2) is 8.10. The van der Waals surface area contributed by atoms with Crippen molar-refractivity contribution in [2.45, 2.75) is 31.5 Å². The summed E-state index contributed by atoms with van der Waals surface area (Å²) >= 11 is 0. The Bertz CT molecular complexity index is 1360. The van der Waals surface area contributed by atoms with Gasteiger partial charge in [-0.2, -0.15) is 18.2 Å². The van der Waals surface area contributed by atoms with Gasteiger partial charge in [0.15, 0.2) is 0 Å². The summed E-state index contributed by atoms with van der Waals surface area (Å²) in [6, 6.07) is 13.4. The lowest BCUT2D eigenvalue weighted by atomic mass is 9.87. The van der Waals surface area contributed by atoms with E-state index in [1.807, 2.05) is 12.1 Å². The minimum atomic E-state index is -4.75. The largest absolute Gasteiger partial charge is 0.422 e. The second-order valence-corrected chi connectivity index (χ2v) is 7.61. The van der Waals surface area contributed by atoms with E-state index >= 15 is 0 Å². The zero-order valence-corrected chi connectivity index (χ0v) is 17.0. The number of hydrogen-bond donors (Lipinski definition) is 0. The van der Waals surface area contributed by atoms with Gasteiger partial charge >= 0.3 is 6.18 Å². The van der Waals surface area contributed by atoms with Gasteiger partial charge < -0.3 is 9.05 Å². The Hall–Kier alpha value is -4.11. The summed E-state index contributed by atoms with van der Waals surface area (Å²) in [6.07, 6.45) is -2.69. The van der Waals surface area contributed by atoms with E-state index in [0.29, 0.717) is 24.8 Å². The van der Waals surface area contributed by atoms with Crippen molar-refractivity contribution in [1.29, 1.82) is 0 Å². The van der Waals surface area contributed by atoms with Gasteiger partial charge in [0, 0.05) is 22.1 Å². The van der Waals surface area contributed by atoms with E-state index in [-0.39, 0.29) is 23.1 Å². The first kappa shape index (κ1) is 20.8. The molecule has 166 valence electrons. The molecule has 1 aliphatic carbocycles. The first-order chi connectivity index (χ1) is 15.9. The Balaban J connectivity index is 1.50. The maximum atomic E-state index is 13.9. The molecule has 0 radical (unpaired) electrons. The molecule has 2 heterocycles. The van der Waals surface area contributed by atoms with Crippen LogP contribution in [0.15, 0.2) is 62.7 Å². The van der Waals surface area contributed by atoms with Crippen molar-refractivity contribution in [2.24, 2.45) is 5.11 Å². The quantitative estimate of drug-likeness (QED) is 0.206. The van der Waals surface area contributed by atoms with Crippen LogP contribution in [0.5, 0.6) is 0 Å². The van der Waals surface area contributed by atoms with Gasteiger partial charge in [0.2, 0.25) is 11.6 Å². The van der Waals surface area contributed by atoms with Crippen molar-refractivity contribution >= 4 is 0 Å². The summed E-state index contributed by atoms with van der Waals surface area (Å²) < 4.78 is 51.9. The lowest BCUT2D eigenvalue weighted by Gasteiger charge is -2.21.